The van der Waals surface area contributed by atoms with Crippen molar-refractivity contribution in [3.8, 4) is 44.5 Å². The zero-order valence-corrected chi connectivity index (χ0v) is 49.0. The number of nitrogens with zero attached hydrogens (tertiary/aromatic N) is 2. The molecule has 0 saturated heterocycles. The van der Waals surface area contributed by atoms with Gasteiger partial charge < -0.3 is 9.80 Å². The zero-order chi connectivity index (χ0) is 58.8. The van der Waals surface area contributed by atoms with Crippen LogP contribution in [0.2, 0.25) is 0 Å². The largest absolute Gasteiger partial charge is 0.310 e. The van der Waals surface area contributed by atoms with Crippen LogP contribution in [0.25, 0.3) is 112 Å². The Kier molecular flexibility index (Phi) is 14.6. The van der Waals surface area contributed by atoms with Crippen molar-refractivity contribution < 1.29 is 0 Å². The Bertz CT molecular complexity index is 4990. The number of hydrogen-bond acceptors (Lipinski definition) is 2. The molecule has 0 radical (unpaired) electrons. The normalized spacial score (nSPS) is 11.7. The van der Waals surface area contributed by atoms with Gasteiger partial charge >= 0.3 is 0 Å². The van der Waals surface area contributed by atoms with E-state index in [0.29, 0.717) is 0 Å². The lowest BCUT2D eigenvalue weighted by atomic mass is 9.92. The van der Waals surface area contributed by atoms with E-state index < -0.39 is 0 Å². The molecule has 0 aliphatic heterocycles. The topological polar surface area (TPSA) is 6.48 Å². The average Bonchev–Trinajstić information content (AvgIpc) is 1.55. The third kappa shape index (κ3) is 10.4. The van der Waals surface area contributed by atoms with Gasteiger partial charge in [-0.3, -0.25) is 0 Å². The van der Waals surface area contributed by atoms with Gasteiger partial charge in [0.2, 0.25) is 0 Å². The Morgan fingerprint density at radius 1 is 0.333 bits per heavy atom. The summed E-state index contributed by atoms with van der Waals surface area (Å²) in [5.41, 5.74) is 20.1. The van der Waals surface area contributed by atoms with Gasteiger partial charge in [0.25, 0.3) is 0 Å². The number of rotatable bonds is 14. The van der Waals surface area contributed by atoms with E-state index in [-0.39, 0.29) is 0 Å². The summed E-state index contributed by atoms with van der Waals surface area (Å²) >= 11 is 0. The smallest absolute Gasteiger partial charge is 0.0467 e. The highest BCUT2D eigenvalue weighted by Gasteiger charge is 2.19. The van der Waals surface area contributed by atoms with Crippen LogP contribution >= 0.6 is 0 Å². The molecule has 0 N–H and O–H groups in total. The first-order valence-electron chi connectivity index (χ1n) is 30.1. The van der Waals surface area contributed by atoms with E-state index in [9.17, 15) is 0 Å². The minimum Gasteiger partial charge on any atom is -0.310 e. The quantitative estimate of drug-likeness (QED) is 0.100. The molecule has 0 atom stereocenters. The van der Waals surface area contributed by atoms with E-state index in [1.165, 1.54) is 82.0 Å². The predicted octanol–water partition coefficient (Wildman–Crippen LogP) is 22.4. The minimum absolute atomic E-state index is 0.886. The van der Waals surface area contributed by atoms with Gasteiger partial charge in [0.15, 0.2) is 0 Å². The third-order valence-electron chi connectivity index (χ3n) is 17.2. The van der Waals surface area contributed by atoms with Crippen molar-refractivity contribution in [1.29, 1.82) is 0 Å². The van der Waals surface area contributed by atoms with E-state index in [0.717, 1.165) is 78.8 Å². The first-order chi connectivity index (χ1) is 42.9. The van der Waals surface area contributed by atoms with Crippen LogP contribution < -0.4 is 20.2 Å². The highest BCUT2D eigenvalue weighted by atomic mass is 15.1. The second-order valence-electron chi connectivity index (χ2n) is 22.4. The number of anilines is 6. The molecule has 14 aromatic rings. The Morgan fingerprint density at radius 2 is 0.701 bits per heavy atom. The predicted molar refractivity (Wildman–Crippen MR) is 376 cm³/mol. The number of benzene rings is 14. The monoisotopic (exact) mass is 1110 g/mol. The van der Waals surface area contributed by atoms with Crippen molar-refractivity contribution in [3.05, 3.63) is 337 Å². The standard InChI is InChI=1S/C85H64N2/c1-5-21-76-75(6-2)59(4)84(81-34-17-15-30-77(76)81)54-58(3)66-26-19-28-73(55-66)86(69-45-36-62(37-46-69)60-22-9-7-10-23-60)70-49-40-64(41-50-70)65-42-51-72(52-43-65)87(71-47-38-63(39-48-71)61-24-11-8-12-25-61)74-29-20-27-67(56-74)68-44-53-83-80-33-14-13-31-78(80)79-32-16-18-35-82(79)85(83)57-68/h5,7-57H,3-4,6H2,1-2H3. The molecule has 0 unspecified atom stereocenters. The van der Waals surface area contributed by atoms with Crippen molar-refractivity contribution >= 4 is 102 Å². The Labute approximate surface area is 510 Å². The molecule has 0 aromatic heterocycles. The average molecular weight is 1110 g/mol. The van der Waals surface area contributed by atoms with Gasteiger partial charge in [-0.2, -0.15) is 0 Å². The van der Waals surface area contributed by atoms with Crippen LogP contribution in [0.3, 0.4) is 0 Å². The maximum Gasteiger partial charge on any atom is 0.0467 e. The maximum absolute atomic E-state index is 4.71. The first-order valence-corrected chi connectivity index (χ1v) is 30.1. The van der Waals surface area contributed by atoms with Crippen LogP contribution in [0.15, 0.2) is 310 Å². The molecule has 14 aromatic carbocycles. The van der Waals surface area contributed by atoms with Crippen molar-refractivity contribution in [1.82, 2.24) is 0 Å². The fourth-order valence-corrected chi connectivity index (χ4v) is 12.9. The minimum atomic E-state index is 0.886. The van der Waals surface area contributed by atoms with Crippen molar-refractivity contribution in [2.75, 3.05) is 9.80 Å². The van der Waals surface area contributed by atoms with Crippen molar-refractivity contribution in [2.45, 2.75) is 20.3 Å². The molecule has 14 rings (SSSR count). The molecule has 414 valence electrons. The van der Waals surface area contributed by atoms with Gasteiger partial charge in [-0.15, -0.1) is 0 Å². The summed E-state index contributed by atoms with van der Waals surface area (Å²) in [6.45, 7) is 13.7. The van der Waals surface area contributed by atoms with E-state index in [2.05, 4.69) is 346 Å². The van der Waals surface area contributed by atoms with E-state index >= 15 is 0 Å². The first kappa shape index (κ1) is 53.9. The molecule has 0 aliphatic carbocycles. The van der Waals surface area contributed by atoms with Gasteiger partial charge in [-0.05, 0) is 219 Å². The second kappa shape index (κ2) is 23.5. The van der Waals surface area contributed by atoms with Gasteiger partial charge in [-0.25, -0.2) is 0 Å². The highest BCUT2D eigenvalue weighted by Crippen LogP contribution is 2.43. The van der Waals surface area contributed by atoms with Crippen LogP contribution in [-0.4, -0.2) is 0 Å². The number of allylic oxidation sites excluding steroid dienone is 2. The molecule has 0 fully saturated rings. The van der Waals surface area contributed by atoms with Crippen molar-refractivity contribution in [2.24, 2.45) is 0 Å². The van der Waals surface area contributed by atoms with Gasteiger partial charge in [0, 0.05) is 34.1 Å². The molecule has 0 aliphatic rings. The summed E-state index contributed by atoms with van der Waals surface area (Å²) in [6.07, 6.45) is 7.46. The summed E-state index contributed by atoms with van der Waals surface area (Å²) in [5, 5.41) is 12.2. The molecular weight excluding hydrogens is 1050 g/mol. The molecule has 0 saturated carbocycles. The lowest BCUT2D eigenvalue weighted by Gasteiger charge is -2.27. The molecule has 87 heavy (non-hydrogen) atoms. The summed E-state index contributed by atoms with van der Waals surface area (Å²) in [5.74, 6) is 0. The number of fused-ring (bicyclic) bond motifs is 7. The Morgan fingerprint density at radius 3 is 1.17 bits per heavy atom. The molecule has 0 amide bonds. The maximum atomic E-state index is 4.71. The van der Waals surface area contributed by atoms with Crippen LogP contribution in [-0.2, 0) is 6.42 Å². The fourth-order valence-electron chi connectivity index (χ4n) is 12.9. The van der Waals surface area contributed by atoms with Crippen molar-refractivity contribution in [3.63, 3.8) is 0 Å². The molecule has 0 spiro atoms. The summed E-state index contributed by atoms with van der Waals surface area (Å²) in [7, 11) is 0. The highest BCUT2D eigenvalue weighted by molar-refractivity contribution is 6.25. The lowest BCUT2D eigenvalue weighted by Crippen LogP contribution is -2.29. The fraction of sp³-hybridized carbons (Fsp3) is 0.0353. The summed E-state index contributed by atoms with van der Waals surface area (Å²) < 4.78 is 0. The van der Waals surface area contributed by atoms with Gasteiger partial charge in [-0.1, -0.05) is 251 Å². The molecule has 0 heterocycles. The van der Waals surface area contributed by atoms with Gasteiger partial charge in [0.1, 0.15) is 0 Å². The lowest BCUT2D eigenvalue weighted by molar-refractivity contribution is 1.12. The zero-order valence-electron chi connectivity index (χ0n) is 49.0. The molecular formula is C85H64N2. The third-order valence-corrected chi connectivity index (χ3v) is 17.2. The van der Waals surface area contributed by atoms with Gasteiger partial charge in [0.05, 0.1) is 0 Å². The summed E-state index contributed by atoms with van der Waals surface area (Å²) in [4.78, 5) is 4.72. The van der Waals surface area contributed by atoms with Crippen LogP contribution in [0.1, 0.15) is 30.5 Å². The van der Waals surface area contributed by atoms with E-state index in [1.807, 2.05) is 0 Å². The molecule has 2 nitrogen and oxygen atoms in total. The van der Waals surface area contributed by atoms with E-state index in [1.54, 1.807) is 0 Å². The summed E-state index contributed by atoms with van der Waals surface area (Å²) in [6, 6.07) is 108. The number of hydrogen-bond donors (Lipinski definition) is 0. The van der Waals surface area contributed by atoms with Crippen LogP contribution in [0, 0.1) is 0 Å². The molecule has 2 heteroatoms. The Hall–Kier alpha value is -11.1. The Balaban J connectivity index is 0.815. The van der Waals surface area contributed by atoms with E-state index in [4.69, 9.17) is 6.58 Å². The molecule has 0 bridgehead atoms. The van der Waals surface area contributed by atoms with Crippen LogP contribution in [0.4, 0.5) is 34.1 Å². The second-order valence-corrected chi connectivity index (χ2v) is 22.4. The van der Waals surface area contributed by atoms with Crippen LogP contribution in [0.5, 0.6) is 0 Å². The SMILES string of the molecule is C=C(C=c1c(=C)c(CC)c(C=CC)c2ccccc12)c1cccc(N(c2ccc(-c3ccccc3)cc2)c2ccc(-c3ccc(N(c4ccc(-c5ccccc5)cc4)c4cccc(-c5ccc6c7ccccc7c7ccccc7c6c5)c4)cc3)cc2)c1.